The maximum absolute atomic E-state index is 12.5. The highest BCUT2D eigenvalue weighted by molar-refractivity contribution is 7.16. The first-order valence-electron chi connectivity index (χ1n) is 7.84. The van der Waals surface area contributed by atoms with Gasteiger partial charge in [0, 0.05) is 10.4 Å². The molecule has 0 aliphatic rings. The summed E-state index contributed by atoms with van der Waals surface area (Å²) in [5.41, 5.74) is 0.863. The number of hydrogen-bond acceptors (Lipinski definition) is 5. The smallest absolute Gasteiger partial charge is 0.340 e. The lowest BCUT2D eigenvalue weighted by molar-refractivity contribution is 0.0602. The number of nitrogens with one attached hydrogen (secondary N) is 1. The molecule has 0 aliphatic heterocycles. The van der Waals surface area contributed by atoms with Gasteiger partial charge in [-0.2, -0.15) is 0 Å². The molecule has 1 amide bonds. The van der Waals surface area contributed by atoms with Crippen LogP contribution in [0.2, 0.25) is 0 Å². The van der Waals surface area contributed by atoms with Crippen LogP contribution in [0, 0.1) is 0 Å². The summed E-state index contributed by atoms with van der Waals surface area (Å²) < 4.78 is 10.2. The van der Waals surface area contributed by atoms with Crippen molar-refractivity contribution in [3.05, 3.63) is 46.3 Å². The van der Waals surface area contributed by atoms with Crippen LogP contribution in [0.3, 0.4) is 0 Å². The molecule has 2 aromatic rings. The Morgan fingerprint density at radius 2 is 2.00 bits per heavy atom. The van der Waals surface area contributed by atoms with Gasteiger partial charge in [-0.05, 0) is 37.6 Å². The molecular formula is C18H21NO4S. The molecule has 0 bridgehead atoms. The lowest BCUT2D eigenvalue weighted by Gasteiger charge is -2.07. The maximum Gasteiger partial charge on any atom is 0.340 e. The molecule has 1 N–H and O–H groups in total. The minimum atomic E-state index is -0.452. The van der Waals surface area contributed by atoms with Gasteiger partial charge in [0.25, 0.3) is 5.91 Å². The molecule has 0 saturated carbocycles. The Balaban J connectivity index is 2.24. The molecule has 0 aliphatic carbocycles. The standard InChI is InChI=1S/C18H21NO4S/c1-4-7-14-11-15(18(21)22-3)17(24-14)19-16(20)12-8-6-9-13(10-12)23-5-2/h6,8-11H,4-5,7H2,1-3H3,(H,19,20). The SMILES string of the molecule is CCCc1cc(C(=O)OC)c(NC(=O)c2cccc(OCC)c2)s1. The molecule has 1 aromatic carbocycles. The van der Waals surface area contributed by atoms with E-state index in [0.29, 0.717) is 28.5 Å². The van der Waals surface area contributed by atoms with E-state index >= 15 is 0 Å². The third-order valence-electron chi connectivity index (χ3n) is 3.32. The molecule has 0 unspecified atom stereocenters. The number of ether oxygens (including phenoxy) is 2. The third-order valence-corrected chi connectivity index (χ3v) is 4.43. The Kier molecular flexibility index (Phi) is 6.37. The number of benzene rings is 1. The number of thiophene rings is 1. The number of anilines is 1. The number of aryl methyl sites for hydroxylation is 1. The van der Waals surface area contributed by atoms with E-state index in [9.17, 15) is 9.59 Å². The van der Waals surface area contributed by atoms with Gasteiger partial charge in [-0.1, -0.05) is 19.4 Å². The van der Waals surface area contributed by atoms with Gasteiger partial charge in [-0.25, -0.2) is 4.79 Å². The summed E-state index contributed by atoms with van der Waals surface area (Å²) in [5.74, 6) is -0.102. The van der Waals surface area contributed by atoms with E-state index in [-0.39, 0.29) is 5.91 Å². The maximum atomic E-state index is 12.5. The van der Waals surface area contributed by atoms with Gasteiger partial charge in [0.2, 0.25) is 0 Å². The summed E-state index contributed by atoms with van der Waals surface area (Å²) >= 11 is 1.40. The highest BCUT2D eigenvalue weighted by Gasteiger charge is 2.19. The van der Waals surface area contributed by atoms with Crippen molar-refractivity contribution in [2.24, 2.45) is 0 Å². The first kappa shape index (κ1) is 18.0. The lowest BCUT2D eigenvalue weighted by atomic mass is 10.2. The number of carbonyl (C=O) groups excluding carboxylic acids is 2. The van der Waals surface area contributed by atoms with Crippen LogP contribution < -0.4 is 10.1 Å². The normalized spacial score (nSPS) is 10.3. The van der Waals surface area contributed by atoms with Crippen LogP contribution >= 0.6 is 11.3 Å². The Bertz CT molecular complexity index is 724. The molecular weight excluding hydrogens is 326 g/mol. The summed E-state index contributed by atoms with van der Waals surface area (Å²) in [7, 11) is 1.33. The van der Waals surface area contributed by atoms with Crippen LogP contribution in [0.4, 0.5) is 5.00 Å². The van der Waals surface area contributed by atoms with E-state index in [1.807, 2.05) is 6.92 Å². The number of carbonyl (C=O) groups is 2. The van der Waals surface area contributed by atoms with E-state index in [1.165, 1.54) is 18.4 Å². The Hall–Kier alpha value is -2.34. The third kappa shape index (κ3) is 4.35. The summed E-state index contributed by atoms with van der Waals surface area (Å²) in [6, 6.07) is 8.72. The number of amides is 1. The molecule has 24 heavy (non-hydrogen) atoms. The van der Waals surface area contributed by atoms with Gasteiger partial charge in [-0.3, -0.25) is 4.79 Å². The van der Waals surface area contributed by atoms with Crippen molar-refractivity contribution < 1.29 is 19.1 Å². The molecule has 0 atom stereocenters. The van der Waals surface area contributed by atoms with E-state index in [1.54, 1.807) is 30.3 Å². The summed E-state index contributed by atoms with van der Waals surface area (Å²) in [6.07, 6.45) is 1.81. The van der Waals surface area contributed by atoms with Gasteiger partial charge < -0.3 is 14.8 Å². The Labute approximate surface area is 145 Å². The topological polar surface area (TPSA) is 64.6 Å². The van der Waals surface area contributed by atoms with Crippen molar-refractivity contribution in [2.75, 3.05) is 19.0 Å². The highest BCUT2D eigenvalue weighted by Crippen LogP contribution is 2.30. The van der Waals surface area contributed by atoms with Crippen molar-refractivity contribution >= 4 is 28.2 Å². The largest absolute Gasteiger partial charge is 0.494 e. The van der Waals surface area contributed by atoms with Crippen LogP contribution in [-0.4, -0.2) is 25.6 Å². The van der Waals surface area contributed by atoms with Crippen LogP contribution in [0.1, 0.15) is 45.9 Å². The summed E-state index contributed by atoms with van der Waals surface area (Å²) in [5, 5.41) is 3.32. The van der Waals surface area contributed by atoms with E-state index in [4.69, 9.17) is 9.47 Å². The first-order chi connectivity index (χ1) is 11.6. The molecule has 0 saturated heterocycles. The molecule has 0 spiro atoms. The predicted octanol–water partition coefficient (Wildman–Crippen LogP) is 4.14. The fourth-order valence-electron chi connectivity index (χ4n) is 2.24. The molecule has 2 rings (SSSR count). The minimum absolute atomic E-state index is 0.286. The molecule has 1 aromatic heterocycles. The van der Waals surface area contributed by atoms with Crippen molar-refractivity contribution in [3.63, 3.8) is 0 Å². The molecule has 128 valence electrons. The average Bonchev–Trinajstić information content (AvgIpc) is 2.97. The zero-order valence-electron chi connectivity index (χ0n) is 14.0. The highest BCUT2D eigenvalue weighted by atomic mass is 32.1. The zero-order chi connectivity index (χ0) is 17.5. The van der Waals surface area contributed by atoms with Crippen LogP contribution in [0.5, 0.6) is 5.75 Å². The van der Waals surface area contributed by atoms with Crippen LogP contribution in [0.25, 0.3) is 0 Å². The van der Waals surface area contributed by atoms with Gasteiger partial charge >= 0.3 is 5.97 Å². The fraction of sp³-hybridized carbons (Fsp3) is 0.333. The average molecular weight is 347 g/mol. The molecule has 1 heterocycles. The molecule has 6 heteroatoms. The van der Waals surface area contributed by atoms with E-state index in [0.717, 1.165) is 17.7 Å². The van der Waals surface area contributed by atoms with Gasteiger partial charge in [0.05, 0.1) is 19.3 Å². The quantitative estimate of drug-likeness (QED) is 0.765. The van der Waals surface area contributed by atoms with Gasteiger partial charge in [0.15, 0.2) is 0 Å². The van der Waals surface area contributed by atoms with Crippen LogP contribution in [-0.2, 0) is 11.2 Å². The second-order valence-electron chi connectivity index (χ2n) is 5.11. The second kappa shape index (κ2) is 8.49. The second-order valence-corrected chi connectivity index (χ2v) is 6.25. The van der Waals surface area contributed by atoms with Crippen molar-refractivity contribution in [1.82, 2.24) is 0 Å². The van der Waals surface area contributed by atoms with Gasteiger partial charge in [0.1, 0.15) is 10.8 Å². The number of methoxy groups -OCH3 is 1. The summed E-state index contributed by atoms with van der Waals surface area (Å²) in [4.78, 5) is 25.4. The number of rotatable bonds is 7. The zero-order valence-corrected chi connectivity index (χ0v) is 14.9. The fourth-order valence-corrected chi connectivity index (χ4v) is 3.38. The molecule has 5 nitrogen and oxygen atoms in total. The molecule has 0 radical (unpaired) electrons. The molecule has 0 fully saturated rings. The summed E-state index contributed by atoms with van der Waals surface area (Å²) in [6.45, 7) is 4.48. The van der Waals surface area contributed by atoms with Crippen molar-refractivity contribution in [3.8, 4) is 5.75 Å². The minimum Gasteiger partial charge on any atom is -0.494 e. The first-order valence-corrected chi connectivity index (χ1v) is 8.65. The Morgan fingerprint density at radius 3 is 2.67 bits per heavy atom. The number of hydrogen-bond donors (Lipinski definition) is 1. The predicted molar refractivity (Wildman–Crippen MR) is 95.2 cm³/mol. The van der Waals surface area contributed by atoms with Gasteiger partial charge in [-0.15, -0.1) is 11.3 Å². The monoisotopic (exact) mass is 347 g/mol. The Morgan fingerprint density at radius 1 is 1.21 bits per heavy atom. The van der Waals surface area contributed by atoms with E-state index < -0.39 is 5.97 Å². The van der Waals surface area contributed by atoms with Crippen molar-refractivity contribution in [1.29, 1.82) is 0 Å². The number of esters is 1. The van der Waals surface area contributed by atoms with Crippen LogP contribution in [0.15, 0.2) is 30.3 Å². The lowest BCUT2D eigenvalue weighted by Crippen LogP contribution is -2.13. The van der Waals surface area contributed by atoms with Crippen molar-refractivity contribution in [2.45, 2.75) is 26.7 Å². The van der Waals surface area contributed by atoms with E-state index in [2.05, 4.69) is 12.2 Å².